The molecule has 136 valence electrons. The summed E-state index contributed by atoms with van der Waals surface area (Å²) < 4.78 is 10.7. The molecule has 0 spiro atoms. The quantitative estimate of drug-likeness (QED) is 0.895. The number of likely N-dealkylation sites (tertiary alicyclic amines) is 1. The van der Waals surface area contributed by atoms with Gasteiger partial charge in [-0.25, -0.2) is 0 Å². The Morgan fingerprint density at radius 3 is 2.65 bits per heavy atom. The predicted molar refractivity (Wildman–Crippen MR) is 95.0 cm³/mol. The number of carbonyl (C=O) groups excluding carboxylic acids is 2. The van der Waals surface area contributed by atoms with Gasteiger partial charge in [-0.1, -0.05) is 18.2 Å². The number of rotatable bonds is 5. The standard InChI is InChI=1S/C20H22N2O4/c1-25-17-6-3-2-5-14(17)15-11-22(20(24)18-7-4-10-26-18)12-16(15)19(23)21-13-8-9-13/h2-7,10,13,15-16H,8-9,11-12H2,1H3,(H,21,23)/t15-,16+/m1/s1. The van der Waals surface area contributed by atoms with E-state index in [4.69, 9.17) is 9.15 Å². The molecule has 0 unspecified atom stereocenters. The highest BCUT2D eigenvalue weighted by Crippen LogP contribution is 2.38. The van der Waals surface area contributed by atoms with Crippen molar-refractivity contribution in [1.29, 1.82) is 0 Å². The van der Waals surface area contributed by atoms with E-state index < -0.39 is 0 Å². The third-order valence-electron chi connectivity index (χ3n) is 5.14. The van der Waals surface area contributed by atoms with Gasteiger partial charge in [0, 0.05) is 25.0 Å². The van der Waals surface area contributed by atoms with Crippen LogP contribution in [0.1, 0.15) is 34.9 Å². The molecule has 26 heavy (non-hydrogen) atoms. The first-order chi connectivity index (χ1) is 12.7. The van der Waals surface area contributed by atoms with Crippen molar-refractivity contribution in [3.05, 3.63) is 54.0 Å². The van der Waals surface area contributed by atoms with Gasteiger partial charge in [0.05, 0.1) is 19.3 Å². The zero-order chi connectivity index (χ0) is 18.1. The second kappa shape index (κ2) is 6.86. The summed E-state index contributed by atoms with van der Waals surface area (Å²) in [7, 11) is 1.62. The average molecular weight is 354 g/mol. The van der Waals surface area contributed by atoms with E-state index in [1.807, 2.05) is 24.3 Å². The summed E-state index contributed by atoms with van der Waals surface area (Å²) in [4.78, 5) is 27.2. The van der Waals surface area contributed by atoms with Gasteiger partial charge in [0.2, 0.25) is 5.91 Å². The molecule has 0 bridgehead atoms. The lowest BCUT2D eigenvalue weighted by Gasteiger charge is -2.20. The lowest BCUT2D eigenvalue weighted by atomic mass is 9.87. The Kier molecular flexibility index (Phi) is 4.41. The molecule has 1 aliphatic heterocycles. The number of methoxy groups -OCH3 is 1. The second-order valence-electron chi connectivity index (χ2n) is 6.93. The van der Waals surface area contributed by atoms with Crippen LogP contribution in [0, 0.1) is 5.92 Å². The van der Waals surface area contributed by atoms with Crippen LogP contribution >= 0.6 is 0 Å². The molecule has 1 aliphatic carbocycles. The number of benzene rings is 1. The molecule has 2 fully saturated rings. The highest BCUT2D eigenvalue weighted by Gasteiger charge is 2.43. The number of ether oxygens (including phenoxy) is 1. The van der Waals surface area contributed by atoms with Crippen LogP contribution in [0.4, 0.5) is 0 Å². The molecule has 2 aromatic rings. The van der Waals surface area contributed by atoms with Crippen LogP contribution < -0.4 is 10.1 Å². The minimum Gasteiger partial charge on any atom is -0.496 e. The van der Waals surface area contributed by atoms with E-state index in [0.29, 0.717) is 18.8 Å². The molecular formula is C20H22N2O4. The summed E-state index contributed by atoms with van der Waals surface area (Å²) >= 11 is 0. The monoisotopic (exact) mass is 354 g/mol. The summed E-state index contributed by atoms with van der Waals surface area (Å²) in [6.07, 6.45) is 3.55. The Labute approximate surface area is 152 Å². The fraction of sp³-hybridized carbons (Fsp3) is 0.400. The zero-order valence-electron chi connectivity index (χ0n) is 14.7. The van der Waals surface area contributed by atoms with Crippen molar-refractivity contribution in [3.8, 4) is 5.75 Å². The average Bonchev–Trinajstić information content (AvgIpc) is 3.16. The maximum absolute atomic E-state index is 12.8. The minimum atomic E-state index is -0.300. The number of furan rings is 1. The maximum atomic E-state index is 12.8. The van der Waals surface area contributed by atoms with Gasteiger partial charge in [0.1, 0.15) is 5.75 Å². The van der Waals surface area contributed by atoms with Crippen LogP contribution in [0.25, 0.3) is 0 Å². The molecule has 2 aliphatic rings. The first-order valence-electron chi connectivity index (χ1n) is 8.93. The zero-order valence-corrected chi connectivity index (χ0v) is 14.7. The number of para-hydroxylation sites is 1. The normalized spacial score (nSPS) is 22.3. The van der Waals surface area contributed by atoms with Gasteiger partial charge in [-0.05, 0) is 36.6 Å². The number of nitrogens with one attached hydrogen (secondary N) is 1. The van der Waals surface area contributed by atoms with Crippen molar-refractivity contribution in [2.45, 2.75) is 24.8 Å². The van der Waals surface area contributed by atoms with Crippen LogP contribution in [0.15, 0.2) is 47.1 Å². The maximum Gasteiger partial charge on any atom is 0.289 e. The van der Waals surface area contributed by atoms with Gasteiger partial charge in [-0.2, -0.15) is 0 Å². The smallest absolute Gasteiger partial charge is 0.289 e. The minimum absolute atomic E-state index is 0.0122. The molecule has 1 aromatic heterocycles. The molecule has 1 saturated carbocycles. The number of carbonyl (C=O) groups is 2. The number of nitrogens with zero attached hydrogens (tertiary/aromatic N) is 1. The van der Waals surface area contributed by atoms with Gasteiger partial charge in [0.15, 0.2) is 5.76 Å². The van der Waals surface area contributed by atoms with Crippen molar-refractivity contribution < 1.29 is 18.7 Å². The molecule has 1 saturated heterocycles. The SMILES string of the molecule is COc1ccccc1[C@H]1CN(C(=O)c2ccco2)C[C@@H]1C(=O)NC1CC1. The molecule has 6 heteroatoms. The Morgan fingerprint density at radius 1 is 1.15 bits per heavy atom. The van der Waals surface area contributed by atoms with Crippen LogP contribution in [0.2, 0.25) is 0 Å². The summed E-state index contributed by atoms with van der Waals surface area (Å²) in [5, 5.41) is 3.09. The summed E-state index contributed by atoms with van der Waals surface area (Å²) in [6, 6.07) is 11.3. The highest BCUT2D eigenvalue weighted by molar-refractivity contribution is 5.93. The van der Waals surface area contributed by atoms with E-state index in [1.165, 1.54) is 6.26 Å². The van der Waals surface area contributed by atoms with Crippen LogP contribution in [0.5, 0.6) is 5.75 Å². The number of hydrogen-bond acceptors (Lipinski definition) is 4. The lowest BCUT2D eigenvalue weighted by Crippen LogP contribution is -2.36. The highest BCUT2D eigenvalue weighted by atomic mass is 16.5. The van der Waals surface area contributed by atoms with Crippen molar-refractivity contribution in [2.75, 3.05) is 20.2 Å². The van der Waals surface area contributed by atoms with Crippen molar-refractivity contribution >= 4 is 11.8 Å². The summed E-state index contributed by atoms with van der Waals surface area (Å²) in [5.41, 5.74) is 0.959. The molecular weight excluding hydrogens is 332 g/mol. The topological polar surface area (TPSA) is 71.8 Å². The molecule has 2 heterocycles. The molecule has 4 rings (SSSR count). The van der Waals surface area contributed by atoms with Crippen LogP contribution in [0.3, 0.4) is 0 Å². The third kappa shape index (κ3) is 3.19. The van der Waals surface area contributed by atoms with Gasteiger partial charge in [-0.15, -0.1) is 0 Å². The molecule has 2 amide bonds. The largest absolute Gasteiger partial charge is 0.496 e. The van der Waals surface area contributed by atoms with Gasteiger partial charge < -0.3 is 19.4 Å². The number of hydrogen-bond donors (Lipinski definition) is 1. The van der Waals surface area contributed by atoms with Gasteiger partial charge in [0.25, 0.3) is 5.91 Å². The van der Waals surface area contributed by atoms with E-state index in [0.717, 1.165) is 24.2 Å². The molecule has 1 N–H and O–H groups in total. The van der Waals surface area contributed by atoms with Gasteiger partial charge >= 0.3 is 0 Å². The molecule has 6 nitrogen and oxygen atoms in total. The van der Waals surface area contributed by atoms with E-state index in [-0.39, 0.29) is 29.7 Å². The van der Waals surface area contributed by atoms with E-state index >= 15 is 0 Å². The fourth-order valence-electron chi connectivity index (χ4n) is 3.62. The predicted octanol–water partition coefficient (Wildman–Crippen LogP) is 2.42. The summed E-state index contributed by atoms with van der Waals surface area (Å²) in [5.74, 6) is 0.463. The Hall–Kier alpha value is -2.76. The van der Waals surface area contributed by atoms with E-state index in [9.17, 15) is 9.59 Å². The van der Waals surface area contributed by atoms with Crippen molar-refractivity contribution in [1.82, 2.24) is 10.2 Å². The first kappa shape index (κ1) is 16.7. The summed E-state index contributed by atoms with van der Waals surface area (Å²) in [6.45, 7) is 0.837. The Bertz CT molecular complexity index is 798. The Morgan fingerprint density at radius 2 is 1.96 bits per heavy atom. The lowest BCUT2D eigenvalue weighted by molar-refractivity contribution is -0.125. The third-order valence-corrected chi connectivity index (χ3v) is 5.14. The Balaban J connectivity index is 1.62. The number of amides is 2. The van der Waals surface area contributed by atoms with Crippen molar-refractivity contribution in [3.63, 3.8) is 0 Å². The first-order valence-corrected chi connectivity index (χ1v) is 8.93. The van der Waals surface area contributed by atoms with Gasteiger partial charge in [-0.3, -0.25) is 9.59 Å². The second-order valence-corrected chi connectivity index (χ2v) is 6.93. The fourth-order valence-corrected chi connectivity index (χ4v) is 3.62. The van der Waals surface area contributed by atoms with Crippen LogP contribution in [-0.2, 0) is 4.79 Å². The van der Waals surface area contributed by atoms with E-state index in [1.54, 1.807) is 24.1 Å². The molecule has 1 aromatic carbocycles. The molecule has 0 radical (unpaired) electrons. The molecule has 2 atom stereocenters. The van der Waals surface area contributed by atoms with E-state index in [2.05, 4.69) is 5.32 Å². The van der Waals surface area contributed by atoms with Crippen molar-refractivity contribution in [2.24, 2.45) is 5.92 Å². The van der Waals surface area contributed by atoms with Crippen LogP contribution in [-0.4, -0.2) is 43.0 Å².